The Morgan fingerprint density at radius 2 is 2.10 bits per heavy atom. The van der Waals surface area contributed by atoms with Crippen molar-refractivity contribution < 1.29 is 4.79 Å². The smallest absolute Gasteiger partial charge is 0.227 e. The van der Waals surface area contributed by atoms with E-state index in [1.807, 2.05) is 27.8 Å². The van der Waals surface area contributed by atoms with E-state index in [9.17, 15) is 4.79 Å². The van der Waals surface area contributed by atoms with Crippen LogP contribution in [0.1, 0.15) is 5.56 Å². The average molecular weight is 302 g/mol. The maximum atomic E-state index is 12.3. The number of nitrogens with zero attached hydrogens (tertiary/aromatic N) is 3. The molecular weight excluding hydrogens is 284 g/mol. The van der Waals surface area contributed by atoms with Gasteiger partial charge in [0.15, 0.2) is 0 Å². The number of amides is 1. The van der Waals surface area contributed by atoms with Crippen LogP contribution in [-0.4, -0.2) is 42.0 Å². The number of aromatic nitrogens is 1. The Morgan fingerprint density at radius 1 is 1.29 bits per heavy atom. The van der Waals surface area contributed by atoms with Crippen molar-refractivity contribution in [1.82, 2.24) is 9.88 Å². The summed E-state index contributed by atoms with van der Waals surface area (Å²) in [6.07, 6.45) is 3.92. The summed E-state index contributed by atoms with van der Waals surface area (Å²) in [6, 6.07) is 3.94. The highest BCUT2D eigenvalue weighted by Gasteiger charge is 2.22. The van der Waals surface area contributed by atoms with Crippen LogP contribution >= 0.6 is 11.3 Å². The molecule has 21 heavy (non-hydrogen) atoms. The lowest BCUT2D eigenvalue weighted by Crippen LogP contribution is -2.49. The molecule has 1 fully saturated rings. The van der Waals surface area contributed by atoms with Crippen LogP contribution in [0.2, 0.25) is 0 Å². The minimum absolute atomic E-state index is 0.204. The first-order chi connectivity index (χ1) is 10.2. The van der Waals surface area contributed by atoms with Crippen LogP contribution < -0.4 is 10.6 Å². The van der Waals surface area contributed by atoms with Crippen LogP contribution in [0.25, 0.3) is 0 Å². The molecule has 1 aliphatic heterocycles. The minimum atomic E-state index is 0.204. The van der Waals surface area contributed by atoms with Crippen molar-refractivity contribution in [2.24, 2.45) is 0 Å². The van der Waals surface area contributed by atoms with Crippen LogP contribution in [0.5, 0.6) is 0 Å². The second kappa shape index (κ2) is 6.13. The Kier molecular flexibility index (Phi) is 4.06. The number of nitrogens with two attached hydrogens (primary N) is 1. The second-order valence-corrected chi connectivity index (χ2v) is 5.89. The van der Waals surface area contributed by atoms with Crippen LogP contribution in [0, 0.1) is 0 Å². The Balaban J connectivity index is 1.58. The number of hydrogen-bond acceptors (Lipinski definition) is 5. The van der Waals surface area contributed by atoms with Gasteiger partial charge in [-0.25, -0.2) is 0 Å². The summed E-state index contributed by atoms with van der Waals surface area (Å²) in [5, 5.41) is 4.04. The maximum Gasteiger partial charge on any atom is 0.227 e. The highest BCUT2D eigenvalue weighted by atomic mass is 32.1. The lowest BCUT2D eigenvalue weighted by molar-refractivity contribution is -0.130. The van der Waals surface area contributed by atoms with Crippen molar-refractivity contribution in [2.45, 2.75) is 6.42 Å². The molecule has 0 unspecified atom stereocenters. The number of rotatable bonds is 3. The standard InChI is InChI=1S/C15H18N4OS/c16-13-10-17-3-1-14(13)18-4-6-19(7-5-18)15(20)9-12-2-8-21-11-12/h1-3,8,10-11H,4-7,9,16H2. The van der Waals surface area contributed by atoms with Gasteiger partial charge in [-0.1, -0.05) is 0 Å². The third-order valence-corrected chi connectivity index (χ3v) is 4.47. The zero-order valence-corrected chi connectivity index (χ0v) is 12.6. The zero-order valence-electron chi connectivity index (χ0n) is 11.7. The van der Waals surface area contributed by atoms with Crippen molar-refractivity contribution in [3.05, 3.63) is 40.8 Å². The SMILES string of the molecule is Nc1cnccc1N1CCN(C(=O)Cc2ccsc2)CC1. The number of anilines is 2. The van der Waals surface area contributed by atoms with Gasteiger partial charge < -0.3 is 15.5 Å². The molecule has 0 atom stereocenters. The number of nitrogen functional groups attached to an aromatic ring is 1. The van der Waals surface area contributed by atoms with Crippen molar-refractivity contribution in [3.8, 4) is 0 Å². The Morgan fingerprint density at radius 3 is 2.76 bits per heavy atom. The molecular formula is C15H18N4OS. The van der Waals surface area contributed by atoms with Gasteiger partial charge in [0, 0.05) is 32.4 Å². The summed E-state index contributed by atoms with van der Waals surface area (Å²) in [5.41, 5.74) is 8.75. The summed E-state index contributed by atoms with van der Waals surface area (Å²) in [7, 11) is 0. The largest absolute Gasteiger partial charge is 0.396 e. The van der Waals surface area contributed by atoms with Gasteiger partial charge in [0.1, 0.15) is 0 Å². The number of pyridine rings is 1. The van der Waals surface area contributed by atoms with E-state index in [1.165, 1.54) is 0 Å². The fraction of sp³-hybridized carbons (Fsp3) is 0.333. The molecule has 2 N–H and O–H groups in total. The zero-order chi connectivity index (χ0) is 14.7. The Bertz CT molecular complexity index is 606. The highest BCUT2D eigenvalue weighted by Crippen LogP contribution is 2.22. The van der Waals surface area contributed by atoms with Crippen LogP contribution in [0.3, 0.4) is 0 Å². The average Bonchev–Trinajstić information content (AvgIpc) is 3.01. The summed E-state index contributed by atoms with van der Waals surface area (Å²) < 4.78 is 0. The van der Waals surface area contributed by atoms with Crippen molar-refractivity contribution >= 4 is 28.6 Å². The summed E-state index contributed by atoms with van der Waals surface area (Å²) in [5.74, 6) is 0.204. The van der Waals surface area contributed by atoms with Gasteiger partial charge in [-0.05, 0) is 28.5 Å². The van der Waals surface area contributed by atoms with E-state index in [-0.39, 0.29) is 5.91 Å². The van der Waals surface area contributed by atoms with Gasteiger partial charge in [0.2, 0.25) is 5.91 Å². The molecule has 0 spiro atoms. The lowest BCUT2D eigenvalue weighted by Gasteiger charge is -2.36. The molecule has 3 rings (SSSR count). The van der Waals surface area contributed by atoms with Crippen molar-refractivity contribution in [1.29, 1.82) is 0 Å². The predicted octanol–water partition coefficient (Wildman–Crippen LogP) is 1.62. The predicted molar refractivity (Wildman–Crippen MR) is 85.5 cm³/mol. The molecule has 0 bridgehead atoms. The number of thiophene rings is 1. The molecule has 0 radical (unpaired) electrons. The summed E-state index contributed by atoms with van der Waals surface area (Å²) in [4.78, 5) is 20.4. The molecule has 2 aromatic rings. The second-order valence-electron chi connectivity index (χ2n) is 5.11. The molecule has 1 aliphatic rings. The first-order valence-corrected chi connectivity index (χ1v) is 7.91. The minimum Gasteiger partial charge on any atom is -0.396 e. The van der Waals surface area contributed by atoms with E-state index in [0.29, 0.717) is 12.1 Å². The van der Waals surface area contributed by atoms with E-state index in [0.717, 1.165) is 37.4 Å². The molecule has 0 saturated carbocycles. The topological polar surface area (TPSA) is 62.5 Å². The molecule has 6 heteroatoms. The first kappa shape index (κ1) is 13.9. The molecule has 1 amide bonds. The van der Waals surface area contributed by atoms with E-state index in [1.54, 1.807) is 23.7 Å². The van der Waals surface area contributed by atoms with E-state index >= 15 is 0 Å². The molecule has 5 nitrogen and oxygen atoms in total. The van der Waals surface area contributed by atoms with Gasteiger partial charge in [0.25, 0.3) is 0 Å². The Labute approximate surface area is 128 Å². The van der Waals surface area contributed by atoms with Crippen molar-refractivity contribution in [2.75, 3.05) is 36.8 Å². The van der Waals surface area contributed by atoms with E-state index in [4.69, 9.17) is 5.73 Å². The quantitative estimate of drug-likeness (QED) is 0.936. The number of carbonyl (C=O) groups excluding carboxylic acids is 1. The van der Waals surface area contributed by atoms with Crippen molar-refractivity contribution in [3.63, 3.8) is 0 Å². The van der Waals surface area contributed by atoms with Gasteiger partial charge in [-0.3, -0.25) is 9.78 Å². The molecule has 0 aromatic carbocycles. The molecule has 3 heterocycles. The number of piperazine rings is 1. The van der Waals surface area contributed by atoms with Gasteiger partial charge in [0.05, 0.1) is 24.0 Å². The number of carbonyl (C=O) groups is 1. The van der Waals surface area contributed by atoms with Gasteiger partial charge >= 0.3 is 0 Å². The third-order valence-electron chi connectivity index (χ3n) is 3.74. The van der Waals surface area contributed by atoms with Crippen LogP contribution in [0.4, 0.5) is 11.4 Å². The molecule has 1 saturated heterocycles. The fourth-order valence-electron chi connectivity index (χ4n) is 2.56. The van der Waals surface area contributed by atoms with Crippen LogP contribution in [0.15, 0.2) is 35.3 Å². The van der Waals surface area contributed by atoms with Crippen LogP contribution in [-0.2, 0) is 11.2 Å². The monoisotopic (exact) mass is 302 g/mol. The molecule has 110 valence electrons. The maximum absolute atomic E-state index is 12.3. The molecule has 0 aliphatic carbocycles. The Hall–Kier alpha value is -2.08. The lowest BCUT2D eigenvalue weighted by atomic mass is 10.2. The normalized spacial score (nSPS) is 15.2. The number of hydrogen-bond donors (Lipinski definition) is 1. The highest BCUT2D eigenvalue weighted by molar-refractivity contribution is 7.07. The van der Waals surface area contributed by atoms with E-state index < -0.39 is 0 Å². The summed E-state index contributed by atoms with van der Waals surface area (Å²) >= 11 is 1.63. The van der Waals surface area contributed by atoms with Gasteiger partial charge in [-0.15, -0.1) is 0 Å². The van der Waals surface area contributed by atoms with E-state index in [2.05, 4.69) is 9.88 Å². The van der Waals surface area contributed by atoms with Gasteiger partial charge in [-0.2, -0.15) is 11.3 Å². The fourth-order valence-corrected chi connectivity index (χ4v) is 3.23. The molecule has 2 aromatic heterocycles. The first-order valence-electron chi connectivity index (χ1n) is 6.97. The third kappa shape index (κ3) is 3.16. The summed E-state index contributed by atoms with van der Waals surface area (Å²) in [6.45, 7) is 3.10.